The van der Waals surface area contributed by atoms with Crippen LogP contribution >= 0.6 is 0 Å². The molecular weight excluding hydrogens is 274 g/mol. The molecule has 0 amide bonds. The quantitative estimate of drug-likeness (QED) is 0.845. The Morgan fingerprint density at radius 3 is 2.58 bits per heavy atom. The Hall–Kier alpha value is -1.37. The van der Waals surface area contributed by atoms with E-state index in [0.717, 1.165) is 6.26 Å². The molecule has 0 unspecified atom stereocenters. The smallest absolute Gasteiger partial charge is 0.265 e. The van der Waals surface area contributed by atoms with Crippen LogP contribution in [0.2, 0.25) is 0 Å². The number of nitrogen functional groups attached to an aromatic ring is 1. The van der Waals surface area contributed by atoms with E-state index in [2.05, 4.69) is 0 Å². The lowest BCUT2D eigenvalue weighted by molar-refractivity contribution is -0.0116. The van der Waals surface area contributed by atoms with E-state index in [9.17, 15) is 17.2 Å². The molecule has 19 heavy (non-hydrogen) atoms. The van der Waals surface area contributed by atoms with E-state index in [1.807, 2.05) is 0 Å². The van der Waals surface area contributed by atoms with E-state index in [4.69, 9.17) is 5.73 Å². The van der Waals surface area contributed by atoms with Crippen LogP contribution in [0.3, 0.4) is 0 Å². The molecule has 0 aromatic heterocycles. The van der Waals surface area contributed by atoms with Gasteiger partial charge in [-0.2, -0.15) is 0 Å². The van der Waals surface area contributed by atoms with Crippen molar-refractivity contribution in [1.29, 1.82) is 0 Å². The van der Waals surface area contributed by atoms with Crippen molar-refractivity contribution in [1.82, 2.24) is 0 Å². The van der Waals surface area contributed by atoms with Gasteiger partial charge in [-0.1, -0.05) is 0 Å². The molecule has 0 bridgehead atoms. The monoisotopic (exact) mass is 290 g/mol. The number of benzene rings is 1. The molecule has 1 aliphatic rings. The highest BCUT2D eigenvalue weighted by Crippen LogP contribution is 2.33. The highest BCUT2D eigenvalue weighted by molar-refractivity contribution is 7.90. The Kier molecular flexibility index (Phi) is 3.42. The molecule has 0 atom stereocenters. The molecule has 4 nitrogen and oxygen atoms in total. The fourth-order valence-corrected chi connectivity index (χ4v) is 2.88. The number of anilines is 2. The number of hydrogen-bond acceptors (Lipinski definition) is 4. The summed E-state index contributed by atoms with van der Waals surface area (Å²) in [5, 5.41) is 0. The second-order valence-electron chi connectivity index (χ2n) is 4.87. The minimum atomic E-state index is -3.34. The van der Waals surface area contributed by atoms with Crippen LogP contribution in [0, 0.1) is 0 Å². The number of hydrogen-bond donors (Lipinski definition) is 1. The van der Waals surface area contributed by atoms with Crippen molar-refractivity contribution in [2.75, 3.05) is 30.0 Å². The predicted molar refractivity (Wildman–Crippen MR) is 70.4 cm³/mol. The third kappa shape index (κ3) is 3.15. The Morgan fingerprint density at radius 1 is 1.37 bits per heavy atom. The van der Waals surface area contributed by atoms with Crippen LogP contribution in [0.5, 0.6) is 0 Å². The van der Waals surface area contributed by atoms with Crippen LogP contribution in [0.4, 0.5) is 20.2 Å². The molecule has 0 radical (unpaired) electrons. The summed E-state index contributed by atoms with van der Waals surface area (Å²) in [5.41, 5.74) is 6.46. The number of nitrogens with zero attached hydrogens (tertiary/aromatic N) is 1. The van der Waals surface area contributed by atoms with Gasteiger partial charge in [-0.05, 0) is 24.6 Å². The van der Waals surface area contributed by atoms with E-state index in [1.54, 1.807) is 0 Å². The summed E-state index contributed by atoms with van der Waals surface area (Å²) in [6.45, 7) is 0.118. The molecule has 1 aromatic rings. The molecule has 1 saturated heterocycles. The molecule has 106 valence electrons. The number of halogens is 2. The van der Waals surface area contributed by atoms with Crippen LogP contribution in [-0.4, -0.2) is 33.7 Å². The number of nitrogens with two attached hydrogens (primary N) is 1. The lowest BCUT2D eigenvalue weighted by Gasteiger charge is -2.34. The second-order valence-corrected chi connectivity index (χ2v) is 6.89. The van der Waals surface area contributed by atoms with Crippen LogP contribution < -0.4 is 10.6 Å². The third-order valence-electron chi connectivity index (χ3n) is 3.16. The van der Waals surface area contributed by atoms with Gasteiger partial charge in [-0.15, -0.1) is 0 Å². The molecule has 1 heterocycles. The van der Waals surface area contributed by atoms with E-state index in [1.165, 1.54) is 23.1 Å². The Balaban J connectivity index is 2.31. The molecule has 7 heteroatoms. The molecule has 1 fully saturated rings. The third-order valence-corrected chi connectivity index (χ3v) is 4.27. The maximum atomic E-state index is 13.4. The fraction of sp³-hybridized carbons (Fsp3) is 0.500. The van der Waals surface area contributed by atoms with Gasteiger partial charge in [0.05, 0.1) is 22.8 Å². The first-order chi connectivity index (χ1) is 8.69. The molecule has 2 rings (SSSR count). The van der Waals surface area contributed by atoms with Gasteiger partial charge >= 0.3 is 0 Å². The molecular formula is C12H16F2N2O2S. The fourth-order valence-electron chi connectivity index (χ4n) is 2.22. The van der Waals surface area contributed by atoms with Gasteiger partial charge in [0.25, 0.3) is 5.92 Å². The maximum Gasteiger partial charge on any atom is 0.265 e. The first-order valence-electron chi connectivity index (χ1n) is 5.91. The SMILES string of the molecule is CS(=O)(=O)c1ccc(N2CCCC(F)(F)C2)c(N)c1. The minimum absolute atomic E-state index is 0.0949. The molecule has 2 N–H and O–H groups in total. The number of sulfone groups is 1. The summed E-state index contributed by atoms with van der Waals surface area (Å²) in [6, 6.07) is 4.21. The van der Waals surface area contributed by atoms with Crippen molar-refractivity contribution in [2.45, 2.75) is 23.7 Å². The van der Waals surface area contributed by atoms with Gasteiger partial charge in [0, 0.05) is 19.2 Å². The van der Waals surface area contributed by atoms with Crippen LogP contribution in [-0.2, 0) is 9.84 Å². The van der Waals surface area contributed by atoms with Crippen LogP contribution in [0.25, 0.3) is 0 Å². The first-order valence-corrected chi connectivity index (χ1v) is 7.80. The lowest BCUT2D eigenvalue weighted by atomic mass is 10.1. The Bertz CT molecular complexity index is 587. The average molecular weight is 290 g/mol. The van der Waals surface area contributed by atoms with Gasteiger partial charge in [-0.25, -0.2) is 17.2 Å². The van der Waals surface area contributed by atoms with E-state index in [0.29, 0.717) is 18.7 Å². The van der Waals surface area contributed by atoms with Gasteiger partial charge in [-0.3, -0.25) is 0 Å². The Morgan fingerprint density at radius 2 is 2.05 bits per heavy atom. The average Bonchev–Trinajstić information content (AvgIpc) is 2.26. The molecule has 1 aliphatic heterocycles. The molecule has 0 spiro atoms. The largest absolute Gasteiger partial charge is 0.397 e. The zero-order chi connectivity index (χ0) is 14.3. The summed E-state index contributed by atoms with van der Waals surface area (Å²) >= 11 is 0. The number of alkyl halides is 2. The van der Waals surface area contributed by atoms with Gasteiger partial charge < -0.3 is 10.6 Å². The Labute approximate surface area is 111 Å². The van der Waals surface area contributed by atoms with Crippen LogP contribution in [0.1, 0.15) is 12.8 Å². The minimum Gasteiger partial charge on any atom is -0.397 e. The van der Waals surface area contributed by atoms with Crippen LogP contribution in [0.15, 0.2) is 23.1 Å². The summed E-state index contributed by atoms with van der Waals surface area (Å²) in [4.78, 5) is 1.60. The summed E-state index contributed by atoms with van der Waals surface area (Å²) < 4.78 is 49.5. The molecule has 0 aliphatic carbocycles. The number of piperidine rings is 1. The number of rotatable bonds is 2. The first kappa shape index (κ1) is 14.0. The zero-order valence-corrected chi connectivity index (χ0v) is 11.4. The van der Waals surface area contributed by atoms with Crippen molar-refractivity contribution < 1.29 is 17.2 Å². The second kappa shape index (κ2) is 4.63. The highest BCUT2D eigenvalue weighted by atomic mass is 32.2. The van der Waals surface area contributed by atoms with E-state index in [-0.39, 0.29) is 23.5 Å². The maximum absolute atomic E-state index is 13.4. The van der Waals surface area contributed by atoms with Crippen molar-refractivity contribution in [3.8, 4) is 0 Å². The highest BCUT2D eigenvalue weighted by Gasteiger charge is 2.35. The van der Waals surface area contributed by atoms with Crippen molar-refractivity contribution >= 4 is 21.2 Å². The van der Waals surface area contributed by atoms with Gasteiger partial charge in [0.1, 0.15) is 0 Å². The summed E-state index contributed by atoms with van der Waals surface area (Å²) in [5.74, 6) is -2.72. The van der Waals surface area contributed by atoms with E-state index >= 15 is 0 Å². The lowest BCUT2D eigenvalue weighted by Crippen LogP contribution is -2.42. The normalized spacial score (nSPS) is 19.4. The van der Waals surface area contributed by atoms with Crippen molar-refractivity contribution in [3.05, 3.63) is 18.2 Å². The zero-order valence-electron chi connectivity index (χ0n) is 10.6. The summed E-state index contributed by atoms with van der Waals surface area (Å²) in [6.07, 6.45) is 1.35. The summed E-state index contributed by atoms with van der Waals surface area (Å²) in [7, 11) is -3.34. The molecule has 0 saturated carbocycles. The van der Waals surface area contributed by atoms with Crippen molar-refractivity contribution in [2.24, 2.45) is 0 Å². The van der Waals surface area contributed by atoms with Crippen molar-refractivity contribution in [3.63, 3.8) is 0 Å². The predicted octanol–water partition coefficient (Wildman–Crippen LogP) is 1.91. The van der Waals surface area contributed by atoms with Gasteiger partial charge in [0.15, 0.2) is 9.84 Å². The molecule has 1 aromatic carbocycles. The van der Waals surface area contributed by atoms with Gasteiger partial charge in [0.2, 0.25) is 0 Å². The topological polar surface area (TPSA) is 63.4 Å². The standard InChI is InChI=1S/C12H16F2N2O2S/c1-19(17,18)9-3-4-11(10(15)7-9)16-6-2-5-12(13,14)8-16/h3-4,7H,2,5-6,8,15H2,1H3. The van der Waals surface area contributed by atoms with E-state index < -0.39 is 15.8 Å².